The van der Waals surface area contributed by atoms with Gasteiger partial charge in [0.1, 0.15) is 5.75 Å². The van der Waals surface area contributed by atoms with Gasteiger partial charge >= 0.3 is 0 Å². The van der Waals surface area contributed by atoms with Crippen LogP contribution >= 0.6 is 0 Å². The molecule has 6 nitrogen and oxygen atoms in total. The lowest BCUT2D eigenvalue weighted by molar-refractivity contribution is 0.0955. The van der Waals surface area contributed by atoms with Crippen LogP contribution in [0, 0.1) is 0 Å². The number of nitrogens with zero attached hydrogens (tertiary/aromatic N) is 2. The molecule has 0 aromatic heterocycles. The first-order valence-corrected chi connectivity index (χ1v) is 8.75. The normalized spacial score (nSPS) is 14.4. The fraction of sp³-hybridized carbons (Fsp3) is 0.300. The Morgan fingerprint density at radius 2 is 1.85 bits per heavy atom. The second-order valence-electron chi connectivity index (χ2n) is 5.85. The van der Waals surface area contributed by atoms with Gasteiger partial charge < -0.3 is 14.4 Å². The van der Waals surface area contributed by atoms with Gasteiger partial charge in [0.25, 0.3) is 5.91 Å². The summed E-state index contributed by atoms with van der Waals surface area (Å²) >= 11 is 0. The lowest BCUT2D eigenvalue weighted by atomic mass is 10.2. The fourth-order valence-electron chi connectivity index (χ4n) is 2.69. The molecule has 2 aromatic carbocycles. The summed E-state index contributed by atoms with van der Waals surface area (Å²) in [6.07, 6.45) is 1.63. The molecule has 1 fully saturated rings. The third-order valence-electron chi connectivity index (χ3n) is 4.08. The SMILES string of the molecule is CCOc1ccc(C(=O)N/N=C/c2ccc(N3CCOCC3)cc2)cc1. The van der Waals surface area contributed by atoms with E-state index in [4.69, 9.17) is 9.47 Å². The molecule has 1 aliphatic heterocycles. The minimum Gasteiger partial charge on any atom is -0.494 e. The van der Waals surface area contributed by atoms with Crippen LogP contribution in [0.4, 0.5) is 5.69 Å². The number of ether oxygens (including phenoxy) is 2. The lowest BCUT2D eigenvalue weighted by Gasteiger charge is -2.28. The van der Waals surface area contributed by atoms with Crippen molar-refractivity contribution in [1.29, 1.82) is 0 Å². The summed E-state index contributed by atoms with van der Waals surface area (Å²) in [7, 11) is 0. The molecule has 0 saturated carbocycles. The van der Waals surface area contributed by atoms with E-state index in [1.165, 1.54) is 5.69 Å². The van der Waals surface area contributed by atoms with Crippen molar-refractivity contribution < 1.29 is 14.3 Å². The Morgan fingerprint density at radius 1 is 1.15 bits per heavy atom. The van der Waals surface area contributed by atoms with Gasteiger partial charge in [0, 0.05) is 24.3 Å². The van der Waals surface area contributed by atoms with Gasteiger partial charge in [0.05, 0.1) is 26.0 Å². The fourth-order valence-corrected chi connectivity index (χ4v) is 2.69. The summed E-state index contributed by atoms with van der Waals surface area (Å²) in [5.41, 5.74) is 5.17. The monoisotopic (exact) mass is 353 g/mol. The molecule has 1 N–H and O–H groups in total. The molecule has 0 atom stereocenters. The average molecular weight is 353 g/mol. The number of carbonyl (C=O) groups is 1. The van der Waals surface area contributed by atoms with Crippen LogP contribution in [0.3, 0.4) is 0 Å². The largest absolute Gasteiger partial charge is 0.494 e. The number of morpholine rings is 1. The Hall–Kier alpha value is -2.86. The van der Waals surface area contributed by atoms with Gasteiger partial charge in [-0.15, -0.1) is 0 Å². The first-order chi connectivity index (χ1) is 12.8. The molecule has 1 amide bonds. The van der Waals surface area contributed by atoms with Gasteiger partial charge in [-0.25, -0.2) is 5.43 Å². The molecule has 1 saturated heterocycles. The number of amides is 1. The van der Waals surface area contributed by atoms with Crippen molar-refractivity contribution in [2.45, 2.75) is 6.92 Å². The molecule has 26 heavy (non-hydrogen) atoms. The number of carbonyl (C=O) groups excluding carboxylic acids is 1. The van der Waals surface area contributed by atoms with Gasteiger partial charge in [0.2, 0.25) is 0 Å². The Morgan fingerprint density at radius 3 is 2.50 bits per heavy atom. The maximum absolute atomic E-state index is 12.1. The van der Waals surface area contributed by atoms with E-state index in [0.717, 1.165) is 37.6 Å². The summed E-state index contributed by atoms with van der Waals surface area (Å²) in [5, 5.41) is 4.03. The number of hydrogen-bond acceptors (Lipinski definition) is 5. The number of hydrogen-bond donors (Lipinski definition) is 1. The van der Waals surface area contributed by atoms with E-state index in [1.807, 2.05) is 19.1 Å². The van der Waals surface area contributed by atoms with Crippen molar-refractivity contribution in [2.24, 2.45) is 5.10 Å². The number of anilines is 1. The first kappa shape index (κ1) is 17.9. The van der Waals surface area contributed by atoms with Gasteiger partial charge in [-0.1, -0.05) is 12.1 Å². The molecule has 1 aliphatic rings. The first-order valence-electron chi connectivity index (χ1n) is 8.75. The third-order valence-corrected chi connectivity index (χ3v) is 4.08. The Bertz CT molecular complexity index is 736. The summed E-state index contributed by atoms with van der Waals surface area (Å²) < 4.78 is 10.7. The van der Waals surface area contributed by atoms with Crippen molar-refractivity contribution in [1.82, 2.24) is 5.43 Å². The maximum Gasteiger partial charge on any atom is 0.271 e. The highest BCUT2D eigenvalue weighted by Crippen LogP contribution is 2.16. The summed E-state index contributed by atoms with van der Waals surface area (Å²) in [5.74, 6) is 0.488. The van der Waals surface area contributed by atoms with Gasteiger partial charge in [-0.3, -0.25) is 4.79 Å². The van der Waals surface area contributed by atoms with Gasteiger partial charge in [0.15, 0.2) is 0 Å². The number of rotatable bonds is 6. The molecule has 0 bridgehead atoms. The van der Waals surface area contributed by atoms with Crippen molar-refractivity contribution in [3.63, 3.8) is 0 Å². The van der Waals surface area contributed by atoms with Crippen LogP contribution in [0.5, 0.6) is 5.75 Å². The van der Waals surface area contributed by atoms with Crippen LogP contribution in [0.15, 0.2) is 53.6 Å². The molecular weight excluding hydrogens is 330 g/mol. The van der Waals surface area contributed by atoms with Crippen LogP contribution in [0.2, 0.25) is 0 Å². The Labute approximate surface area is 153 Å². The zero-order valence-corrected chi connectivity index (χ0v) is 14.9. The van der Waals surface area contributed by atoms with Crippen molar-refractivity contribution in [3.05, 3.63) is 59.7 Å². The summed E-state index contributed by atoms with van der Waals surface area (Å²) in [6.45, 7) is 5.86. The lowest BCUT2D eigenvalue weighted by Crippen LogP contribution is -2.36. The van der Waals surface area contributed by atoms with E-state index >= 15 is 0 Å². The minimum atomic E-state index is -0.255. The quantitative estimate of drug-likeness (QED) is 0.641. The minimum absolute atomic E-state index is 0.255. The topological polar surface area (TPSA) is 63.2 Å². The smallest absolute Gasteiger partial charge is 0.271 e. The standard InChI is InChI=1S/C20H23N3O3/c1-2-26-19-9-5-17(6-10-19)20(24)22-21-15-16-3-7-18(8-4-16)23-11-13-25-14-12-23/h3-10,15H,2,11-14H2,1H3,(H,22,24)/b21-15+. The van der Waals surface area contributed by atoms with Crippen LogP contribution in [-0.4, -0.2) is 45.0 Å². The molecule has 3 rings (SSSR count). The van der Waals surface area contributed by atoms with E-state index < -0.39 is 0 Å². The maximum atomic E-state index is 12.1. The third kappa shape index (κ3) is 4.83. The van der Waals surface area contributed by atoms with Gasteiger partial charge in [-0.2, -0.15) is 5.10 Å². The molecule has 1 heterocycles. The molecule has 0 aliphatic carbocycles. The molecule has 0 radical (unpaired) electrons. The molecule has 6 heteroatoms. The predicted octanol–water partition coefficient (Wildman–Crippen LogP) is 2.69. The highest BCUT2D eigenvalue weighted by Gasteiger charge is 2.10. The average Bonchev–Trinajstić information content (AvgIpc) is 2.70. The Kier molecular flexibility index (Phi) is 6.22. The van der Waals surface area contributed by atoms with E-state index in [-0.39, 0.29) is 5.91 Å². The van der Waals surface area contributed by atoms with Gasteiger partial charge in [-0.05, 0) is 48.9 Å². The second-order valence-corrected chi connectivity index (χ2v) is 5.85. The molecule has 2 aromatic rings. The highest BCUT2D eigenvalue weighted by molar-refractivity contribution is 5.95. The van der Waals surface area contributed by atoms with Crippen LogP contribution in [0.25, 0.3) is 0 Å². The summed E-state index contributed by atoms with van der Waals surface area (Å²) in [4.78, 5) is 14.4. The highest BCUT2D eigenvalue weighted by atomic mass is 16.5. The number of hydrazone groups is 1. The zero-order valence-electron chi connectivity index (χ0n) is 14.9. The number of benzene rings is 2. The predicted molar refractivity (Wildman–Crippen MR) is 102 cm³/mol. The van der Waals surface area contributed by atoms with Crippen molar-refractivity contribution in [3.8, 4) is 5.75 Å². The molecule has 136 valence electrons. The van der Waals surface area contributed by atoms with E-state index in [2.05, 4.69) is 27.6 Å². The van der Waals surface area contributed by atoms with Crippen LogP contribution < -0.4 is 15.1 Å². The summed E-state index contributed by atoms with van der Waals surface area (Å²) in [6, 6.07) is 15.1. The molecule has 0 spiro atoms. The van der Waals surface area contributed by atoms with Crippen LogP contribution in [0.1, 0.15) is 22.8 Å². The van der Waals surface area contributed by atoms with E-state index in [0.29, 0.717) is 12.2 Å². The second kappa shape index (κ2) is 9.01. The number of nitrogens with one attached hydrogen (secondary N) is 1. The van der Waals surface area contributed by atoms with Crippen molar-refractivity contribution in [2.75, 3.05) is 37.8 Å². The van der Waals surface area contributed by atoms with Crippen LogP contribution in [-0.2, 0) is 4.74 Å². The van der Waals surface area contributed by atoms with E-state index in [9.17, 15) is 4.79 Å². The van der Waals surface area contributed by atoms with E-state index in [1.54, 1.807) is 30.5 Å². The zero-order chi connectivity index (χ0) is 18.2. The molecule has 0 unspecified atom stereocenters. The molecular formula is C20H23N3O3. The van der Waals surface area contributed by atoms with Crippen molar-refractivity contribution >= 4 is 17.8 Å². The Balaban J connectivity index is 1.53.